The topological polar surface area (TPSA) is 99.3 Å². The molecule has 2 aromatic heterocycles. The molecule has 0 amide bonds. The van der Waals surface area contributed by atoms with Gasteiger partial charge in [-0.2, -0.15) is 0 Å². The monoisotopic (exact) mass is 372 g/mol. The third-order valence-electron chi connectivity index (χ3n) is 4.71. The van der Waals surface area contributed by atoms with Gasteiger partial charge >= 0.3 is 0 Å². The molecular formula is C19H28N6O2. The Hall–Kier alpha value is -2.45. The number of nitrogens with one attached hydrogen (secondary N) is 2. The molecule has 27 heavy (non-hydrogen) atoms. The fraction of sp³-hybridized carbons (Fsp3) is 0.526. The standard InChI is InChI=1S/C19H28N6O2/c1-3-7-22-19-16(17(20)25-10-11-27-13-15(25)12-26)23-18(24(19)4-2)14-5-8-21-9-6-14/h5-6,8-9,15,20,22,26H,3-4,7,10-13H2,1-2H3/t15-/m1/s1. The Labute approximate surface area is 159 Å². The summed E-state index contributed by atoms with van der Waals surface area (Å²) in [6.07, 6.45) is 4.47. The predicted octanol–water partition coefficient (Wildman–Crippen LogP) is 1.81. The van der Waals surface area contributed by atoms with Crippen LogP contribution in [0.15, 0.2) is 24.5 Å². The van der Waals surface area contributed by atoms with Gasteiger partial charge in [-0.25, -0.2) is 4.98 Å². The van der Waals surface area contributed by atoms with Crippen molar-refractivity contribution in [2.45, 2.75) is 32.9 Å². The number of aliphatic hydroxyl groups excluding tert-OH is 1. The average molecular weight is 372 g/mol. The van der Waals surface area contributed by atoms with Crippen molar-refractivity contribution in [2.75, 3.05) is 38.2 Å². The molecule has 0 aliphatic carbocycles. The van der Waals surface area contributed by atoms with Crippen LogP contribution in [0.4, 0.5) is 5.82 Å². The summed E-state index contributed by atoms with van der Waals surface area (Å²) in [6, 6.07) is 3.63. The Morgan fingerprint density at radius 3 is 2.81 bits per heavy atom. The number of anilines is 1. The Bertz CT molecular complexity index is 761. The van der Waals surface area contributed by atoms with Crippen molar-refractivity contribution >= 4 is 11.7 Å². The van der Waals surface area contributed by atoms with Crippen LogP contribution >= 0.6 is 0 Å². The van der Waals surface area contributed by atoms with Gasteiger partial charge in [0.05, 0.1) is 25.9 Å². The third kappa shape index (κ3) is 3.96. The van der Waals surface area contributed by atoms with Gasteiger partial charge in [-0.1, -0.05) is 6.92 Å². The Morgan fingerprint density at radius 2 is 2.15 bits per heavy atom. The number of aliphatic hydroxyl groups is 1. The minimum Gasteiger partial charge on any atom is -0.394 e. The van der Waals surface area contributed by atoms with Gasteiger partial charge in [-0.05, 0) is 25.5 Å². The van der Waals surface area contributed by atoms with Crippen molar-refractivity contribution in [2.24, 2.45) is 0 Å². The van der Waals surface area contributed by atoms with Gasteiger partial charge < -0.3 is 24.6 Å². The maximum absolute atomic E-state index is 9.69. The summed E-state index contributed by atoms with van der Waals surface area (Å²) in [5.41, 5.74) is 1.57. The second-order valence-corrected chi connectivity index (χ2v) is 6.49. The Morgan fingerprint density at radius 1 is 1.37 bits per heavy atom. The zero-order valence-electron chi connectivity index (χ0n) is 16.0. The quantitative estimate of drug-likeness (QED) is 0.506. The molecule has 146 valence electrons. The molecule has 0 saturated carbocycles. The fourth-order valence-electron chi connectivity index (χ4n) is 3.31. The summed E-state index contributed by atoms with van der Waals surface area (Å²) in [5.74, 6) is 1.98. The van der Waals surface area contributed by atoms with Crippen molar-refractivity contribution in [1.82, 2.24) is 19.4 Å². The summed E-state index contributed by atoms with van der Waals surface area (Å²) in [7, 11) is 0. The highest BCUT2D eigenvalue weighted by Crippen LogP contribution is 2.28. The van der Waals surface area contributed by atoms with E-state index in [0.717, 1.165) is 36.7 Å². The lowest BCUT2D eigenvalue weighted by molar-refractivity contribution is 0.00464. The first-order valence-electron chi connectivity index (χ1n) is 9.50. The van der Waals surface area contributed by atoms with E-state index in [0.29, 0.717) is 31.3 Å². The van der Waals surface area contributed by atoms with E-state index in [9.17, 15) is 5.11 Å². The zero-order valence-corrected chi connectivity index (χ0v) is 16.0. The van der Waals surface area contributed by atoms with E-state index < -0.39 is 0 Å². The number of amidine groups is 1. The van der Waals surface area contributed by atoms with Crippen molar-refractivity contribution in [3.63, 3.8) is 0 Å². The van der Waals surface area contributed by atoms with Crippen LogP contribution in [0.3, 0.4) is 0 Å². The van der Waals surface area contributed by atoms with E-state index in [1.165, 1.54) is 0 Å². The van der Waals surface area contributed by atoms with E-state index in [-0.39, 0.29) is 12.6 Å². The summed E-state index contributed by atoms with van der Waals surface area (Å²) in [4.78, 5) is 10.8. The molecule has 0 aromatic carbocycles. The SMILES string of the molecule is CCCNc1c(C(=N)N2CCOC[C@H]2CO)nc(-c2ccncc2)n1CC. The number of aromatic nitrogens is 3. The first-order valence-corrected chi connectivity index (χ1v) is 9.50. The van der Waals surface area contributed by atoms with Gasteiger partial charge in [0, 0.05) is 37.6 Å². The largest absolute Gasteiger partial charge is 0.394 e. The van der Waals surface area contributed by atoms with Crippen LogP contribution in [0, 0.1) is 5.41 Å². The Balaban J connectivity index is 2.04. The molecule has 8 heteroatoms. The summed E-state index contributed by atoms with van der Waals surface area (Å²) in [5, 5.41) is 21.9. The van der Waals surface area contributed by atoms with Crippen molar-refractivity contribution in [1.29, 1.82) is 5.41 Å². The minimum absolute atomic E-state index is 0.0498. The molecule has 1 atom stereocenters. The fourth-order valence-corrected chi connectivity index (χ4v) is 3.31. The highest BCUT2D eigenvalue weighted by molar-refractivity contribution is 6.00. The molecule has 0 spiro atoms. The number of ether oxygens (including phenoxy) is 1. The minimum atomic E-state index is -0.221. The van der Waals surface area contributed by atoms with Crippen molar-refractivity contribution in [3.05, 3.63) is 30.2 Å². The molecule has 3 rings (SSSR count). The number of morpholine rings is 1. The molecule has 0 unspecified atom stereocenters. The number of hydrogen-bond acceptors (Lipinski definition) is 6. The van der Waals surface area contributed by atoms with Gasteiger partial charge in [-0.3, -0.25) is 10.4 Å². The molecule has 3 N–H and O–H groups in total. The molecule has 1 aliphatic rings. The summed E-state index contributed by atoms with van der Waals surface area (Å²) in [6.45, 7) is 7.20. The summed E-state index contributed by atoms with van der Waals surface area (Å²) >= 11 is 0. The van der Waals surface area contributed by atoms with E-state index in [4.69, 9.17) is 15.1 Å². The lowest BCUT2D eigenvalue weighted by Gasteiger charge is -2.36. The van der Waals surface area contributed by atoms with Gasteiger partial charge in [0.1, 0.15) is 17.3 Å². The number of hydrogen-bond donors (Lipinski definition) is 3. The van der Waals surface area contributed by atoms with E-state index in [1.807, 2.05) is 17.0 Å². The van der Waals surface area contributed by atoms with Gasteiger partial charge in [-0.15, -0.1) is 0 Å². The number of imidazole rings is 1. The van der Waals surface area contributed by atoms with Crippen LogP contribution in [0.1, 0.15) is 26.0 Å². The third-order valence-corrected chi connectivity index (χ3v) is 4.71. The summed E-state index contributed by atoms with van der Waals surface area (Å²) < 4.78 is 7.56. The van der Waals surface area contributed by atoms with Crippen LogP contribution in [-0.2, 0) is 11.3 Å². The highest BCUT2D eigenvalue weighted by atomic mass is 16.5. The highest BCUT2D eigenvalue weighted by Gasteiger charge is 2.29. The van der Waals surface area contributed by atoms with Crippen LogP contribution in [-0.4, -0.2) is 69.3 Å². The van der Waals surface area contributed by atoms with Crippen LogP contribution in [0.5, 0.6) is 0 Å². The lowest BCUT2D eigenvalue weighted by atomic mass is 10.2. The zero-order chi connectivity index (χ0) is 19.2. The number of rotatable bonds is 7. The maximum atomic E-state index is 9.69. The van der Waals surface area contributed by atoms with Crippen LogP contribution in [0.25, 0.3) is 11.4 Å². The van der Waals surface area contributed by atoms with Crippen molar-refractivity contribution in [3.8, 4) is 11.4 Å². The smallest absolute Gasteiger partial charge is 0.151 e. The number of nitrogens with zero attached hydrogens (tertiary/aromatic N) is 4. The first kappa shape index (κ1) is 19.3. The van der Waals surface area contributed by atoms with Crippen LogP contribution in [0.2, 0.25) is 0 Å². The lowest BCUT2D eigenvalue weighted by Crippen LogP contribution is -2.50. The van der Waals surface area contributed by atoms with Crippen molar-refractivity contribution < 1.29 is 9.84 Å². The second-order valence-electron chi connectivity index (χ2n) is 6.49. The van der Waals surface area contributed by atoms with E-state index in [1.54, 1.807) is 12.4 Å². The van der Waals surface area contributed by atoms with Crippen LogP contribution < -0.4 is 5.32 Å². The molecule has 3 heterocycles. The number of pyridine rings is 1. The molecule has 1 saturated heterocycles. The normalized spacial score (nSPS) is 17.1. The van der Waals surface area contributed by atoms with E-state index in [2.05, 4.69) is 28.7 Å². The molecule has 0 radical (unpaired) electrons. The van der Waals surface area contributed by atoms with Gasteiger partial charge in [0.15, 0.2) is 5.84 Å². The molecule has 1 fully saturated rings. The molecule has 1 aliphatic heterocycles. The Kier molecular flexibility index (Phi) is 6.41. The second kappa shape index (κ2) is 8.96. The first-order chi connectivity index (χ1) is 13.2. The maximum Gasteiger partial charge on any atom is 0.151 e. The van der Waals surface area contributed by atoms with Gasteiger partial charge in [0.2, 0.25) is 0 Å². The molecule has 2 aromatic rings. The average Bonchev–Trinajstić information content (AvgIpc) is 3.10. The molecular weight excluding hydrogens is 344 g/mol. The van der Waals surface area contributed by atoms with Gasteiger partial charge in [0.25, 0.3) is 0 Å². The van der Waals surface area contributed by atoms with E-state index >= 15 is 0 Å². The molecule has 0 bridgehead atoms. The predicted molar refractivity (Wildman–Crippen MR) is 105 cm³/mol. The molecule has 8 nitrogen and oxygen atoms in total.